The Kier molecular flexibility index (Phi) is 6.47. The molecule has 0 aliphatic carbocycles. The van der Waals surface area contributed by atoms with Crippen molar-refractivity contribution in [3.8, 4) is 11.3 Å². The van der Waals surface area contributed by atoms with E-state index in [-0.39, 0.29) is 11.8 Å². The van der Waals surface area contributed by atoms with Crippen molar-refractivity contribution in [2.45, 2.75) is 47.0 Å². The number of pyridine rings is 2. The van der Waals surface area contributed by atoms with Crippen LogP contribution in [0.3, 0.4) is 0 Å². The van der Waals surface area contributed by atoms with Crippen LogP contribution in [0.4, 0.5) is 5.82 Å². The van der Waals surface area contributed by atoms with Gasteiger partial charge in [-0.05, 0) is 64.0 Å². The molecule has 0 aliphatic heterocycles. The number of rotatable bonds is 6. The minimum atomic E-state index is -0.0582. The summed E-state index contributed by atoms with van der Waals surface area (Å²) in [7, 11) is 3.88. The fraction of sp³-hybridized carbons (Fsp3) is 0.400. The van der Waals surface area contributed by atoms with Gasteiger partial charge in [0.1, 0.15) is 12.2 Å². The van der Waals surface area contributed by atoms with Gasteiger partial charge in [-0.15, -0.1) is 0 Å². The SMILES string of the molecule is C/C(=N/c1ccc2[nH]c(-c3cn4ncnc4c(C)c3C)c(C(C)C)c2n1)NC(=O)CCN(C)C. The lowest BCUT2D eigenvalue weighted by Crippen LogP contribution is -2.30. The van der Waals surface area contributed by atoms with Gasteiger partial charge in [0.15, 0.2) is 11.5 Å². The second kappa shape index (κ2) is 9.34. The first-order chi connectivity index (χ1) is 16.2. The van der Waals surface area contributed by atoms with Gasteiger partial charge in [0.05, 0.1) is 16.7 Å². The molecule has 0 bridgehead atoms. The van der Waals surface area contributed by atoms with Crippen molar-refractivity contribution in [3.63, 3.8) is 0 Å². The number of aryl methyl sites for hydroxylation is 1. The fourth-order valence-corrected chi connectivity index (χ4v) is 4.16. The van der Waals surface area contributed by atoms with Crippen LogP contribution in [0.1, 0.15) is 49.8 Å². The summed E-state index contributed by atoms with van der Waals surface area (Å²) in [4.78, 5) is 31.5. The summed E-state index contributed by atoms with van der Waals surface area (Å²) in [6.45, 7) is 11.0. The Morgan fingerprint density at radius 1 is 1.24 bits per heavy atom. The Bertz CT molecular complexity index is 1390. The van der Waals surface area contributed by atoms with Crippen molar-refractivity contribution >= 4 is 34.2 Å². The number of amides is 1. The summed E-state index contributed by atoms with van der Waals surface area (Å²) in [6.07, 6.45) is 4.02. The summed E-state index contributed by atoms with van der Waals surface area (Å²) < 4.78 is 1.82. The van der Waals surface area contributed by atoms with Crippen LogP contribution in [0.2, 0.25) is 0 Å². The summed E-state index contributed by atoms with van der Waals surface area (Å²) in [5.74, 6) is 1.26. The number of aromatic amines is 1. The highest BCUT2D eigenvalue weighted by Gasteiger charge is 2.21. The van der Waals surface area contributed by atoms with E-state index < -0.39 is 0 Å². The Hall–Kier alpha value is -3.59. The zero-order valence-electron chi connectivity index (χ0n) is 20.9. The molecule has 0 unspecified atom stereocenters. The Balaban J connectivity index is 1.74. The van der Waals surface area contributed by atoms with Crippen LogP contribution < -0.4 is 5.32 Å². The number of carbonyl (C=O) groups is 1. The van der Waals surface area contributed by atoms with Crippen molar-refractivity contribution in [1.29, 1.82) is 0 Å². The molecule has 34 heavy (non-hydrogen) atoms. The van der Waals surface area contributed by atoms with Crippen molar-refractivity contribution in [2.75, 3.05) is 20.6 Å². The van der Waals surface area contributed by atoms with E-state index in [2.05, 4.69) is 53.1 Å². The average molecular weight is 461 g/mol. The second-order valence-electron chi connectivity index (χ2n) is 9.25. The monoisotopic (exact) mass is 460 g/mol. The van der Waals surface area contributed by atoms with Crippen molar-refractivity contribution < 1.29 is 4.79 Å². The number of nitrogens with zero attached hydrogens (tertiary/aromatic N) is 6. The maximum Gasteiger partial charge on any atom is 0.226 e. The summed E-state index contributed by atoms with van der Waals surface area (Å²) in [6, 6.07) is 3.86. The third-order valence-electron chi connectivity index (χ3n) is 6.03. The van der Waals surface area contributed by atoms with E-state index in [4.69, 9.17) is 4.98 Å². The average Bonchev–Trinajstić information content (AvgIpc) is 3.39. The number of nitrogens with one attached hydrogen (secondary N) is 2. The van der Waals surface area contributed by atoms with Crippen LogP contribution in [0.15, 0.2) is 29.6 Å². The van der Waals surface area contributed by atoms with Crippen LogP contribution in [-0.4, -0.2) is 61.8 Å². The quantitative estimate of drug-likeness (QED) is 0.333. The number of fused-ring (bicyclic) bond motifs is 2. The van der Waals surface area contributed by atoms with Crippen molar-refractivity contribution in [1.82, 2.24) is 34.8 Å². The van der Waals surface area contributed by atoms with E-state index >= 15 is 0 Å². The van der Waals surface area contributed by atoms with Gasteiger partial charge in [-0.3, -0.25) is 4.79 Å². The highest BCUT2D eigenvalue weighted by molar-refractivity contribution is 5.98. The molecule has 9 heteroatoms. The van der Waals surface area contributed by atoms with Gasteiger partial charge >= 0.3 is 0 Å². The maximum atomic E-state index is 12.1. The molecule has 4 aromatic rings. The number of aromatic nitrogens is 5. The first kappa shape index (κ1) is 23.6. The molecular weight excluding hydrogens is 428 g/mol. The van der Waals surface area contributed by atoms with E-state index in [1.54, 1.807) is 13.3 Å². The van der Waals surface area contributed by atoms with Gasteiger partial charge in [0.2, 0.25) is 5.91 Å². The molecule has 0 aromatic carbocycles. The van der Waals surface area contributed by atoms with Gasteiger partial charge in [0, 0.05) is 30.3 Å². The van der Waals surface area contributed by atoms with E-state index in [9.17, 15) is 4.79 Å². The lowest BCUT2D eigenvalue weighted by Gasteiger charge is -2.13. The molecule has 0 fully saturated rings. The minimum absolute atomic E-state index is 0.0582. The smallest absolute Gasteiger partial charge is 0.226 e. The van der Waals surface area contributed by atoms with Gasteiger partial charge in [-0.1, -0.05) is 13.8 Å². The summed E-state index contributed by atoms with van der Waals surface area (Å²) in [5.41, 5.74) is 8.18. The normalized spacial score (nSPS) is 12.4. The number of carbonyl (C=O) groups excluding carboxylic acids is 1. The van der Waals surface area contributed by atoms with Crippen molar-refractivity contribution in [2.24, 2.45) is 4.99 Å². The van der Waals surface area contributed by atoms with Gasteiger partial charge in [-0.25, -0.2) is 19.5 Å². The molecule has 4 rings (SSSR count). The Morgan fingerprint density at radius 2 is 2.00 bits per heavy atom. The molecule has 0 saturated carbocycles. The first-order valence-corrected chi connectivity index (χ1v) is 11.5. The second-order valence-corrected chi connectivity index (χ2v) is 9.25. The summed E-state index contributed by atoms with van der Waals surface area (Å²) in [5, 5.41) is 7.20. The Labute approximate surface area is 199 Å². The zero-order chi connectivity index (χ0) is 24.6. The molecule has 0 atom stereocenters. The van der Waals surface area contributed by atoms with E-state index in [0.29, 0.717) is 24.6 Å². The first-order valence-electron chi connectivity index (χ1n) is 11.5. The number of amidine groups is 1. The third-order valence-corrected chi connectivity index (χ3v) is 6.03. The molecule has 2 N–H and O–H groups in total. The molecular formula is C25H32N8O. The van der Waals surface area contributed by atoms with Gasteiger partial charge in [0.25, 0.3) is 0 Å². The molecule has 0 aliphatic rings. The number of hydrogen-bond acceptors (Lipinski definition) is 6. The summed E-state index contributed by atoms with van der Waals surface area (Å²) >= 11 is 0. The van der Waals surface area contributed by atoms with Crippen LogP contribution in [0, 0.1) is 13.8 Å². The third kappa shape index (κ3) is 4.56. The van der Waals surface area contributed by atoms with Gasteiger partial charge in [-0.2, -0.15) is 5.10 Å². The van der Waals surface area contributed by atoms with Crippen LogP contribution in [0.25, 0.3) is 27.9 Å². The maximum absolute atomic E-state index is 12.1. The number of H-pyrrole nitrogens is 1. The molecule has 4 heterocycles. The highest BCUT2D eigenvalue weighted by Crippen LogP contribution is 2.37. The molecule has 0 radical (unpaired) electrons. The van der Waals surface area contributed by atoms with E-state index in [1.807, 2.05) is 41.8 Å². The standard InChI is InChI=1S/C25H32N8O/c1-14(2)22-23(18-12-33-25(26-13-27-33)16(4)15(18)3)30-19-8-9-20(31-24(19)22)28-17(5)29-21(34)10-11-32(6)7/h8-9,12-14,30H,10-11H2,1-7H3,(H,28,29,31,34). The zero-order valence-corrected chi connectivity index (χ0v) is 20.9. The van der Waals surface area contributed by atoms with E-state index in [1.165, 1.54) is 0 Å². The predicted octanol–water partition coefficient (Wildman–Crippen LogP) is 4.13. The predicted molar refractivity (Wildman–Crippen MR) is 136 cm³/mol. The molecule has 0 spiro atoms. The topological polar surface area (TPSA) is 104 Å². The lowest BCUT2D eigenvalue weighted by atomic mass is 9.95. The molecule has 178 valence electrons. The van der Waals surface area contributed by atoms with Gasteiger partial charge < -0.3 is 15.2 Å². The van der Waals surface area contributed by atoms with Crippen LogP contribution >= 0.6 is 0 Å². The van der Waals surface area contributed by atoms with Crippen molar-refractivity contribution in [3.05, 3.63) is 41.3 Å². The lowest BCUT2D eigenvalue weighted by molar-refractivity contribution is -0.119. The van der Waals surface area contributed by atoms with E-state index in [0.717, 1.165) is 44.6 Å². The molecule has 0 saturated heterocycles. The molecule has 4 aromatic heterocycles. The largest absolute Gasteiger partial charge is 0.353 e. The Morgan fingerprint density at radius 3 is 2.71 bits per heavy atom. The highest BCUT2D eigenvalue weighted by atomic mass is 16.1. The number of aliphatic imine (C=N–C) groups is 1. The fourth-order valence-electron chi connectivity index (χ4n) is 4.16. The molecule has 9 nitrogen and oxygen atoms in total. The molecule has 1 amide bonds. The van der Waals surface area contributed by atoms with Crippen LogP contribution in [0.5, 0.6) is 0 Å². The minimum Gasteiger partial charge on any atom is -0.353 e. The number of hydrogen-bond donors (Lipinski definition) is 2. The van der Waals surface area contributed by atoms with Crippen LogP contribution in [-0.2, 0) is 4.79 Å².